The van der Waals surface area contributed by atoms with Crippen molar-refractivity contribution in [3.63, 3.8) is 0 Å². The average Bonchev–Trinajstić information content (AvgIpc) is 2.29. The van der Waals surface area contributed by atoms with E-state index < -0.39 is 36.6 Å². The number of nitrogens with one attached hydrogen (secondary N) is 1. The van der Waals surface area contributed by atoms with Crippen LogP contribution in [0.5, 0.6) is 0 Å². The minimum atomic E-state index is -5.45. The second-order valence-electron chi connectivity index (χ2n) is 4.41. The Labute approximate surface area is 121 Å². The van der Waals surface area contributed by atoms with Crippen LogP contribution in [0.15, 0.2) is 18.2 Å². The molecule has 1 unspecified atom stereocenters. The van der Waals surface area contributed by atoms with Crippen LogP contribution in [-0.4, -0.2) is 25.4 Å². The molecule has 0 heterocycles. The van der Waals surface area contributed by atoms with Crippen LogP contribution in [0.4, 0.5) is 30.7 Å². The minimum absolute atomic E-state index is 0.0687. The molecular weight excluding hydrogens is 327 g/mol. The van der Waals surface area contributed by atoms with Gasteiger partial charge in [-0.1, -0.05) is 17.7 Å². The largest absolute Gasteiger partial charge is 0.402 e. The van der Waals surface area contributed by atoms with E-state index in [2.05, 4.69) is 0 Å². The number of halogens is 8. The van der Waals surface area contributed by atoms with Gasteiger partial charge in [-0.25, -0.2) is 4.39 Å². The molecule has 9 heteroatoms. The van der Waals surface area contributed by atoms with Crippen LogP contribution in [-0.2, 0) is 6.42 Å². The monoisotopic (exact) mass is 337 g/mol. The van der Waals surface area contributed by atoms with Gasteiger partial charge in [-0.15, -0.1) is 0 Å². The smallest absolute Gasteiger partial charge is 0.316 e. The second-order valence-corrected chi connectivity index (χ2v) is 4.82. The Morgan fingerprint density at radius 2 is 1.62 bits per heavy atom. The lowest BCUT2D eigenvalue weighted by Gasteiger charge is -2.30. The maximum Gasteiger partial charge on any atom is 0.402 e. The highest BCUT2D eigenvalue weighted by atomic mass is 35.5. The number of hydrogen-bond donors (Lipinski definition) is 1. The average molecular weight is 338 g/mol. The molecular formula is C12H11ClF7N. The van der Waals surface area contributed by atoms with Crippen LogP contribution in [0, 0.1) is 11.7 Å². The van der Waals surface area contributed by atoms with Crippen LogP contribution < -0.4 is 5.32 Å². The first-order chi connectivity index (χ1) is 9.46. The van der Waals surface area contributed by atoms with Crippen molar-refractivity contribution in [1.82, 2.24) is 5.32 Å². The van der Waals surface area contributed by atoms with E-state index in [1.54, 1.807) is 0 Å². The summed E-state index contributed by atoms with van der Waals surface area (Å²) in [5, 5.41) is 1.66. The highest BCUT2D eigenvalue weighted by Gasteiger charge is 2.59. The van der Waals surface area contributed by atoms with Gasteiger partial charge in [-0.3, -0.25) is 0 Å². The first-order valence-corrected chi connectivity index (χ1v) is 6.09. The zero-order valence-corrected chi connectivity index (χ0v) is 11.4. The van der Waals surface area contributed by atoms with Crippen molar-refractivity contribution in [2.24, 2.45) is 5.92 Å². The summed E-state index contributed by atoms with van der Waals surface area (Å²) < 4.78 is 88.9. The number of likely N-dealkylation sites (N-methyl/N-ethyl adjacent to an activating group) is 1. The number of hydrogen-bond acceptors (Lipinski definition) is 1. The molecule has 0 radical (unpaired) electrons. The summed E-state index contributed by atoms with van der Waals surface area (Å²) in [5.74, 6) is -4.33. The molecule has 1 rings (SSSR count). The maximum absolute atomic E-state index is 12.9. The minimum Gasteiger partial charge on any atom is -0.316 e. The third-order valence-corrected chi connectivity index (χ3v) is 3.21. The fourth-order valence-corrected chi connectivity index (χ4v) is 2.15. The van der Waals surface area contributed by atoms with Crippen LogP contribution >= 0.6 is 11.6 Å². The molecule has 0 fully saturated rings. The lowest BCUT2D eigenvalue weighted by atomic mass is 9.92. The molecule has 120 valence electrons. The molecule has 0 aromatic heterocycles. The van der Waals surface area contributed by atoms with E-state index in [1.165, 1.54) is 0 Å². The third-order valence-electron chi connectivity index (χ3n) is 2.92. The highest BCUT2D eigenvalue weighted by molar-refractivity contribution is 6.30. The molecule has 0 saturated carbocycles. The molecule has 0 spiro atoms. The van der Waals surface area contributed by atoms with Crippen molar-refractivity contribution in [2.75, 3.05) is 7.05 Å². The first kappa shape index (κ1) is 18.0. The van der Waals surface area contributed by atoms with Crippen molar-refractivity contribution in [3.8, 4) is 0 Å². The normalized spacial score (nSPS) is 14.6. The zero-order valence-electron chi connectivity index (χ0n) is 10.6. The van der Waals surface area contributed by atoms with E-state index >= 15 is 0 Å². The van der Waals surface area contributed by atoms with Crippen LogP contribution in [0.25, 0.3) is 0 Å². The standard InChI is InChI=1S/C12H11ClF7N/c1-21-9(10(11(15,16)17)12(18,19)20)5-6-2-3-8(14)7(13)4-6/h2-4,9-10,21H,5H2,1H3. The van der Waals surface area contributed by atoms with Gasteiger partial charge in [0.25, 0.3) is 0 Å². The SMILES string of the molecule is CNC(Cc1ccc(F)c(Cl)c1)C(C(F)(F)F)C(F)(F)F. The quantitative estimate of drug-likeness (QED) is 0.805. The van der Waals surface area contributed by atoms with Gasteiger partial charge in [-0.2, -0.15) is 26.3 Å². The Bertz CT molecular complexity index is 469. The van der Waals surface area contributed by atoms with E-state index in [-0.39, 0.29) is 10.6 Å². The lowest BCUT2D eigenvalue weighted by Crippen LogP contribution is -2.51. The lowest BCUT2D eigenvalue weighted by molar-refractivity contribution is -0.291. The molecule has 0 aliphatic rings. The number of alkyl halides is 6. The molecule has 0 bridgehead atoms. The van der Waals surface area contributed by atoms with Crippen LogP contribution in [0.3, 0.4) is 0 Å². The first-order valence-electron chi connectivity index (χ1n) is 5.71. The van der Waals surface area contributed by atoms with Gasteiger partial charge in [-0.05, 0) is 31.2 Å². The summed E-state index contributed by atoms with van der Waals surface area (Å²) in [5.41, 5.74) is 0.0687. The molecule has 1 nitrogen and oxygen atoms in total. The van der Waals surface area contributed by atoms with Gasteiger partial charge in [0.05, 0.1) is 5.02 Å². The molecule has 1 atom stereocenters. The summed E-state index contributed by atoms with van der Waals surface area (Å²) in [4.78, 5) is 0. The van der Waals surface area contributed by atoms with E-state index in [1.807, 2.05) is 5.32 Å². The summed E-state index contributed by atoms with van der Waals surface area (Å²) in [6, 6.07) is 1.05. The topological polar surface area (TPSA) is 12.0 Å². The van der Waals surface area contributed by atoms with Gasteiger partial charge in [0, 0.05) is 6.04 Å². The molecule has 0 amide bonds. The Morgan fingerprint density at radius 3 is 2.00 bits per heavy atom. The predicted molar refractivity (Wildman–Crippen MR) is 63.6 cm³/mol. The fraction of sp³-hybridized carbons (Fsp3) is 0.500. The molecule has 1 aromatic carbocycles. The zero-order chi connectivity index (χ0) is 16.4. The number of benzene rings is 1. The van der Waals surface area contributed by atoms with Gasteiger partial charge in [0.1, 0.15) is 5.82 Å². The van der Waals surface area contributed by atoms with Crippen molar-refractivity contribution in [3.05, 3.63) is 34.6 Å². The predicted octanol–water partition coefficient (Wildman–Crippen LogP) is 4.35. The van der Waals surface area contributed by atoms with Crippen molar-refractivity contribution in [2.45, 2.75) is 24.8 Å². The molecule has 1 N–H and O–H groups in total. The van der Waals surface area contributed by atoms with Crippen LogP contribution in [0.2, 0.25) is 5.02 Å². The molecule has 21 heavy (non-hydrogen) atoms. The van der Waals surface area contributed by atoms with Gasteiger partial charge >= 0.3 is 12.4 Å². The Morgan fingerprint density at radius 1 is 1.10 bits per heavy atom. The molecule has 0 aliphatic carbocycles. The number of rotatable bonds is 4. The second kappa shape index (κ2) is 6.39. The maximum atomic E-state index is 12.9. The Balaban J connectivity index is 3.07. The van der Waals surface area contributed by atoms with Crippen LogP contribution in [0.1, 0.15) is 5.56 Å². The van der Waals surface area contributed by atoms with Crippen molar-refractivity contribution in [1.29, 1.82) is 0 Å². The van der Waals surface area contributed by atoms with Crippen molar-refractivity contribution >= 4 is 11.6 Å². The fourth-order valence-electron chi connectivity index (χ4n) is 1.95. The van der Waals surface area contributed by atoms with Crippen molar-refractivity contribution < 1.29 is 30.7 Å². The van der Waals surface area contributed by atoms with Gasteiger partial charge < -0.3 is 5.32 Å². The highest BCUT2D eigenvalue weighted by Crippen LogP contribution is 2.42. The van der Waals surface area contributed by atoms with E-state index in [4.69, 9.17) is 11.6 Å². The van der Waals surface area contributed by atoms with Gasteiger partial charge in [0.15, 0.2) is 5.92 Å². The Hall–Kier alpha value is -1.02. The summed E-state index contributed by atoms with van der Waals surface area (Å²) in [7, 11) is 1.00. The molecule has 1 aromatic rings. The van der Waals surface area contributed by atoms with E-state index in [0.717, 1.165) is 25.2 Å². The summed E-state index contributed by atoms with van der Waals surface area (Å²) >= 11 is 5.46. The van der Waals surface area contributed by atoms with Gasteiger partial charge in [0.2, 0.25) is 0 Å². The Kier molecular flexibility index (Phi) is 5.49. The van der Waals surface area contributed by atoms with E-state index in [9.17, 15) is 30.7 Å². The molecule has 0 saturated heterocycles. The van der Waals surface area contributed by atoms with E-state index in [0.29, 0.717) is 0 Å². The summed E-state index contributed by atoms with van der Waals surface area (Å²) in [6.45, 7) is 0. The third kappa shape index (κ3) is 4.74. The summed E-state index contributed by atoms with van der Waals surface area (Å²) in [6.07, 6.45) is -11.5. The molecule has 0 aliphatic heterocycles.